The maximum Gasteiger partial charge on any atom is 0.335 e. The second-order valence-corrected chi connectivity index (χ2v) is 5.42. The molecule has 0 saturated carbocycles. The van der Waals surface area contributed by atoms with Gasteiger partial charge in [0.25, 0.3) is 0 Å². The monoisotopic (exact) mass is 261 g/mol. The number of likely N-dealkylation sites (tertiary alicyclic amines) is 1. The number of carbonyl (C=O) groups is 1. The van der Waals surface area contributed by atoms with Gasteiger partial charge in [-0.15, -0.1) is 0 Å². The zero-order chi connectivity index (χ0) is 13.7. The van der Waals surface area contributed by atoms with E-state index in [1.165, 1.54) is 44.3 Å². The van der Waals surface area contributed by atoms with Crippen LogP contribution in [-0.4, -0.2) is 35.6 Å². The van der Waals surface area contributed by atoms with Crippen LogP contribution in [-0.2, 0) is 0 Å². The average molecular weight is 261 g/mol. The first-order chi connectivity index (χ1) is 9.20. The minimum absolute atomic E-state index is 0.406. The highest BCUT2D eigenvalue weighted by Crippen LogP contribution is 2.27. The lowest BCUT2D eigenvalue weighted by Crippen LogP contribution is -2.35. The van der Waals surface area contributed by atoms with Gasteiger partial charge in [-0.1, -0.05) is 25.5 Å². The van der Waals surface area contributed by atoms with Crippen molar-refractivity contribution >= 4 is 5.97 Å². The summed E-state index contributed by atoms with van der Waals surface area (Å²) in [4.78, 5) is 13.6. The van der Waals surface area contributed by atoms with Crippen LogP contribution in [0.25, 0.3) is 0 Å². The van der Waals surface area contributed by atoms with Crippen molar-refractivity contribution in [1.29, 1.82) is 0 Å². The Morgan fingerprint density at radius 1 is 1.47 bits per heavy atom. The molecule has 1 aliphatic rings. The van der Waals surface area contributed by atoms with Crippen molar-refractivity contribution in [3.05, 3.63) is 35.4 Å². The molecule has 1 unspecified atom stereocenters. The summed E-state index contributed by atoms with van der Waals surface area (Å²) in [6.45, 7) is 5.65. The van der Waals surface area contributed by atoms with E-state index >= 15 is 0 Å². The zero-order valence-electron chi connectivity index (χ0n) is 11.6. The minimum Gasteiger partial charge on any atom is -0.478 e. The molecule has 1 saturated heterocycles. The van der Waals surface area contributed by atoms with E-state index in [0.29, 0.717) is 11.5 Å². The Hall–Kier alpha value is -1.35. The molecule has 3 nitrogen and oxygen atoms in total. The molecule has 0 spiro atoms. The van der Waals surface area contributed by atoms with Gasteiger partial charge in [0.1, 0.15) is 0 Å². The van der Waals surface area contributed by atoms with E-state index in [4.69, 9.17) is 5.11 Å². The highest BCUT2D eigenvalue weighted by Gasteiger charge is 2.21. The zero-order valence-corrected chi connectivity index (χ0v) is 11.6. The van der Waals surface area contributed by atoms with E-state index < -0.39 is 5.97 Å². The average Bonchev–Trinajstić information content (AvgIpc) is 2.45. The molecular weight excluding hydrogens is 238 g/mol. The number of unbranched alkanes of at least 4 members (excludes halogenated alkanes) is 1. The van der Waals surface area contributed by atoms with E-state index in [1.54, 1.807) is 6.07 Å². The van der Waals surface area contributed by atoms with E-state index in [0.717, 1.165) is 6.54 Å². The summed E-state index contributed by atoms with van der Waals surface area (Å²) in [6, 6.07) is 7.45. The molecule has 0 radical (unpaired) electrons. The molecular formula is C16H23NO2. The molecule has 0 aliphatic carbocycles. The molecule has 19 heavy (non-hydrogen) atoms. The number of aromatic carboxylic acids is 1. The lowest BCUT2D eigenvalue weighted by Gasteiger charge is -2.33. The van der Waals surface area contributed by atoms with Crippen LogP contribution in [0.1, 0.15) is 54.4 Å². The van der Waals surface area contributed by atoms with Gasteiger partial charge in [0, 0.05) is 6.54 Å². The Bertz CT molecular complexity index is 431. The van der Waals surface area contributed by atoms with Gasteiger partial charge in [0.05, 0.1) is 5.56 Å². The van der Waals surface area contributed by atoms with Crippen LogP contribution in [0.3, 0.4) is 0 Å². The first kappa shape index (κ1) is 14.1. The third-order valence-corrected chi connectivity index (χ3v) is 3.94. The predicted octanol–water partition coefficient (Wildman–Crippen LogP) is 3.36. The molecule has 1 aromatic rings. The second-order valence-electron chi connectivity index (χ2n) is 5.42. The Kier molecular flexibility index (Phi) is 4.97. The summed E-state index contributed by atoms with van der Waals surface area (Å²) in [5, 5.41) is 9.07. The van der Waals surface area contributed by atoms with Crippen LogP contribution >= 0.6 is 0 Å². The van der Waals surface area contributed by atoms with E-state index in [9.17, 15) is 4.79 Å². The summed E-state index contributed by atoms with van der Waals surface area (Å²) in [6.07, 6.45) is 4.87. The van der Waals surface area contributed by atoms with Gasteiger partial charge in [-0.05, 0) is 56.0 Å². The molecule has 0 aromatic heterocycles. The fourth-order valence-corrected chi connectivity index (χ4v) is 2.84. The van der Waals surface area contributed by atoms with E-state index in [-0.39, 0.29) is 0 Å². The van der Waals surface area contributed by atoms with Crippen LogP contribution in [0.5, 0.6) is 0 Å². The highest BCUT2D eigenvalue weighted by atomic mass is 16.4. The number of hydrogen-bond donors (Lipinski definition) is 1. The van der Waals surface area contributed by atoms with E-state index in [2.05, 4.69) is 17.9 Å². The largest absolute Gasteiger partial charge is 0.478 e. The maximum atomic E-state index is 11.0. The van der Waals surface area contributed by atoms with Crippen LogP contribution < -0.4 is 0 Å². The standard InChI is InChI=1S/C16H23NO2/c1-2-3-9-17-10-5-8-15(12-17)13-6-4-7-14(11-13)16(18)19/h4,6-7,11,15H,2-3,5,8-10,12H2,1H3,(H,18,19). The van der Waals surface area contributed by atoms with Gasteiger partial charge in [-0.2, -0.15) is 0 Å². The van der Waals surface area contributed by atoms with Crippen molar-refractivity contribution in [3.63, 3.8) is 0 Å². The van der Waals surface area contributed by atoms with Crippen molar-refractivity contribution in [3.8, 4) is 0 Å². The molecule has 2 rings (SSSR count). The van der Waals surface area contributed by atoms with Crippen molar-refractivity contribution in [2.75, 3.05) is 19.6 Å². The SMILES string of the molecule is CCCCN1CCCC(c2cccc(C(=O)O)c2)C1. The first-order valence-electron chi connectivity index (χ1n) is 7.26. The molecule has 1 aromatic carbocycles. The van der Waals surface area contributed by atoms with Crippen molar-refractivity contribution in [2.24, 2.45) is 0 Å². The fraction of sp³-hybridized carbons (Fsp3) is 0.562. The quantitative estimate of drug-likeness (QED) is 0.883. The van der Waals surface area contributed by atoms with Crippen molar-refractivity contribution in [2.45, 2.75) is 38.5 Å². The van der Waals surface area contributed by atoms with Crippen LogP contribution in [0.15, 0.2) is 24.3 Å². The molecule has 0 bridgehead atoms. The molecule has 3 heteroatoms. The minimum atomic E-state index is -0.833. The number of hydrogen-bond acceptors (Lipinski definition) is 2. The molecule has 1 aliphatic heterocycles. The number of benzene rings is 1. The van der Waals surface area contributed by atoms with Crippen molar-refractivity contribution in [1.82, 2.24) is 4.90 Å². The van der Waals surface area contributed by atoms with Gasteiger partial charge in [0.2, 0.25) is 0 Å². The third kappa shape index (κ3) is 3.80. The van der Waals surface area contributed by atoms with Gasteiger partial charge in [-0.25, -0.2) is 4.79 Å². The topological polar surface area (TPSA) is 40.5 Å². The molecule has 1 fully saturated rings. The normalized spacial score (nSPS) is 20.4. The number of carboxylic acid groups (broad SMARTS) is 1. The number of piperidine rings is 1. The smallest absolute Gasteiger partial charge is 0.335 e. The molecule has 0 amide bonds. The Morgan fingerprint density at radius 2 is 2.32 bits per heavy atom. The predicted molar refractivity (Wildman–Crippen MR) is 76.7 cm³/mol. The molecule has 104 valence electrons. The molecule has 1 N–H and O–H groups in total. The fourth-order valence-electron chi connectivity index (χ4n) is 2.84. The van der Waals surface area contributed by atoms with Crippen LogP contribution in [0, 0.1) is 0 Å². The number of nitrogens with zero attached hydrogens (tertiary/aromatic N) is 1. The van der Waals surface area contributed by atoms with Crippen LogP contribution in [0.2, 0.25) is 0 Å². The van der Waals surface area contributed by atoms with E-state index in [1.807, 2.05) is 12.1 Å². The van der Waals surface area contributed by atoms with Crippen LogP contribution in [0.4, 0.5) is 0 Å². The van der Waals surface area contributed by atoms with Gasteiger partial charge in [0.15, 0.2) is 0 Å². The number of rotatable bonds is 5. The summed E-state index contributed by atoms with van der Waals surface area (Å²) in [5.41, 5.74) is 1.59. The van der Waals surface area contributed by atoms with Crippen molar-refractivity contribution < 1.29 is 9.90 Å². The summed E-state index contributed by atoms with van der Waals surface area (Å²) >= 11 is 0. The Morgan fingerprint density at radius 3 is 3.05 bits per heavy atom. The lowest BCUT2D eigenvalue weighted by molar-refractivity contribution is 0.0696. The Balaban J connectivity index is 2.04. The van der Waals surface area contributed by atoms with Gasteiger partial charge in [-0.3, -0.25) is 0 Å². The second kappa shape index (κ2) is 6.71. The van der Waals surface area contributed by atoms with Gasteiger partial charge >= 0.3 is 5.97 Å². The number of carboxylic acids is 1. The first-order valence-corrected chi connectivity index (χ1v) is 7.26. The third-order valence-electron chi connectivity index (χ3n) is 3.94. The van der Waals surface area contributed by atoms with Gasteiger partial charge < -0.3 is 10.0 Å². The lowest BCUT2D eigenvalue weighted by atomic mass is 9.89. The molecule has 1 heterocycles. The maximum absolute atomic E-state index is 11.0. The summed E-state index contributed by atoms with van der Waals surface area (Å²) in [5.74, 6) is -0.342. The Labute approximate surface area is 115 Å². The summed E-state index contributed by atoms with van der Waals surface area (Å²) in [7, 11) is 0. The molecule has 1 atom stereocenters. The highest BCUT2D eigenvalue weighted by molar-refractivity contribution is 5.87. The summed E-state index contributed by atoms with van der Waals surface area (Å²) < 4.78 is 0.